The Bertz CT molecular complexity index is 779. The standard InChI is InChI=1S/C14H17F3N3O2P/c1-20-11-6-4-5-10(9(11)8-18-20)19-13(21)7-12(14(15,16)17)23(2,3)22/h4-6,8,12H,7H2,1-3H3,(H,19,21). The number of fused-ring (bicyclic) bond motifs is 1. The molecule has 1 heterocycles. The highest BCUT2D eigenvalue weighted by Crippen LogP contribution is 2.51. The van der Waals surface area contributed by atoms with Crippen LogP contribution in [0.15, 0.2) is 24.4 Å². The number of amides is 1. The van der Waals surface area contributed by atoms with Crippen LogP contribution in [-0.4, -0.2) is 40.9 Å². The highest BCUT2D eigenvalue weighted by molar-refractivity contribution is 7.63. The number of aryl methyl sites for hydroxylation is 1. The minimum Gasteiger partial charge on any atom is -0.325 e. The molecular formula is C14H17F3N3O2P. The number of carbonyl (C=O) groups excluding carboxylic acids is 1. The second-order valence-corrected chi connectivity index (χ2v) is 9.24. The fraction of sp³-hybridized carbons (Fsp3) is 0.429. The first-order valence-electron chi connectivity index (χ1n) is 6.82. The summed E-state index contributed by atoms with van der Waals surface area (Å²) in [4.78, 5) is 12.0. The average Bonchev–Trinajstić information content (AvgIpc) is 2.77. The summed E-state index contributed by atoms with van der Waals surface area (Å²) in [5.74, 6) is -0.826. The summed E-state index contributed by atoms with van der Waals surface area (Å²) in [5.41, 5.74) is -1.03. The van der Waals surface area contributed by atoms with Gasteiger partial charge in [-0.15, -0.1) is 0 Å². The molecule has 1 aromatic heterocycles. The van der Waals surface area contributed by atoms with Gasteiger partial charge in [-0.1, -0.05) is 6.07 Å². The van der Waals surface area contributed by atoms with E-state index < -0.39 is 31.3 Å². The van der Waals surface area contributed by atoms with Gasteiger partial charge in [0.1, 0.15) is 5.66 Å². The van der Waals surface area contributed by atoms with Crippen molar-refractivity contribution in [3.8, 4) is 0 Å². The first-order valence-corrected chi connectivity index (χ1v) is 9.49. The van der Waals surface area contributed by atoms with E-state index in [1.54, 1.807) is 29.9 Å². The third-order valence-electron chi connectivity index (χ3n) is 3.57. The molecule has 23 heavy (non-hydrogen) atoms. The van der Waals surface area contributed by atoms with E-state index >= 15 is 0 Å². The number of nitrogens with zero attached hydrogens (tertiary/aromatic N) is 2. The number of anilines is 1. The maximum Gasteiger partial charge on any atom is 0.398 e. The minimum absolute atomic E-state index is 0.378. The number of rotatable bonds is 4. The highest BCUT2D eigenvalue weighted by atomic mass is 31.2. The Morgan fingerprint density at radius 1 is 1.39 bits per heavy atom. The largest absolute Gasteiger partial charge is 0.398 e. The van der Waals surface area contributed by atoms with Crippen LogP contribution in [0, 0.1) is 0 Å². The van der Waals surface area contributed by atoms with E-state index in [0.717, 1.165) is 18.8 Å². The Kier molecular flexibility index (Phi) is 4.57. The van der Waals surface area contributed by atoms with E-state index in [9.17, 15) is 22.5 Å². The first kappa shape index (κ1) is 17.5. The van der Waals surface area contributed by atoms with Crippen LogP contribution in [0.2, 0.25) is 0 Å². The molecule has 0 saturated carbocycles. The monoisotopic (exact) mass is 347 g/mol. The van der Waals surface area contributed by atoms with Crippen molar-refractivity contribution in [1.82, 2.24) is 9.78 Å². The molecule has 1 unspecified atom stereocenters. The molecule has 2 aromatic rings. The van der Waals surface area contributed by atoms with Crippen molar-refractivity contribution in [2.45, 2.75) is 18.3 Å². The lowest BCUT2D eigenvalue weighted by Gasteiger charge is -2.23. The lowest BCUT2D eigenvalue weighted by molar-refractivity contribution is -0.139. The maximum absolute atomic E-state index is 13.0. The molecule has 0 bridgehead atoms. The Labute approximate surface area is 131 Å². The highest BCUT2D eigenvalue weighted by Gasteiger charge is 2.47. The second-order valence-electron chi connectivity index (χ2n) is 5.75. The normalized spacial score (nSPS) is 14.0. The van der Waals surface area contributed by atoms with Crippen molar-refractivity contribution in [1.29, 1.82) is 0 Å². The number of aromatic nitrogens is 2. The van der Waals surface area contributed by atoms with Gasteiger partial charge in [0.2, 0.25) is 5.91 Å². The average molecular weight is 347 g/mol. The summed E-state index contributed by atoms with van der Waals surface area (Å²) in [6.07, 6.45) is -4.03. The molecule has 0 spiro atoms. The van der Waals surface area contributed by atoms with Gasteiger partial charge < -0.3 is 9.88 Å². The van der Waals surface area contributed by atoms with Gasteiger partial charge in [0.15, 0.2) is 0 Å². The molecule has 0 radical (unpaired) electrons. The fourth-order valence-electron chi connectivity index (χ4n) is 2.35. The summed E-state index contributed by atoms with van der Waals surface area (Å²) in [7, 11) is -1.78. The summed E-state index contributed by atoms with van der Waals surface area (Å²) in [6, 6.07) is 5.04. The summed E-state index contributed by atoms with van der Waals surface area (Å²) in [6.45, 7) is 2.08. The van der Waals surface area contributed by atoms with E-state index in [1.807, 2.05) is 0 Å². The molecule has 1 atom stereocenters. The van der Waals surface area contributed by atoms with Gasteiger partial charge >= 0.3 is 6.18 Å². The number of halogens is 3. The van der Waals surface area contributed by atoms with Crippen LogP contribution >= 0.6 is 7.14 Å². The van der Waals surface area contributed by atoms with Crippen molar-refractivity contribution in [2.75, 3.05) is 18.6 Å². The van der Waals surface area contributed by atoms with E-state index in [0.29, 0.717) is 11.1 Å². The third kappa shape index (κ3) is 3.93. The summed E-state index contributed by atoms with van der Waals surface area (Å²) >= 11 is 0. The van der Waals surface area contributed by atoms with Crippen LogP contribution in [0.4, 0.5) is 18.9 Å². The molecule has 1 aromatic carbocycles. The van der Waals surface area contributed by atoms with Gasteiger partial charge in [0.25, 0.3) is 0 Å². The van der Waals surface area contributed by atoms with Crippen LogP contribution in [0.1, 0.15) is 6.42 Å². The molecule has 9 heteroatoms. The van der Waals surface area contributed by atoms with Crippen molar-refractivity contribution in [3.63, 3.8) is 0 Å². The van der Waals surface area contributed by atoms with Crippen LogP contribution in [0.3, 0.4) is 0 Å². The second kappa shape index (κ2) is 6.00. The number of benzene rings is 1. The quantitative estimate of drug-likeness (QED) is 0.862. The Morgan fingerprint density at radius 3 is 2.61 bits per heavy atom. The van der Waals surface area contributed by atoms with Crippen LogP contribution < -0.4 is 5.32 Å². The number of nitrogens with one attached hydrogen (secondary N) is 1. The van der Waals surface area contributed by atoms with Gasteiger partial charge in [-0.25, -0.2) is 0 Å². The van der Waals surface area contributed by atoms with Crippen molar-refractivity contribution in [3.05, 3.63) is 24.4 Å². The van der Waals surface area contributed by atoms with Gasteiger partial charge in [0.05, 0.1) is 24.5 Å². The molecule has 1 amide bonds. The Balaban J connectivity index is 2.22. The molecule has 5 nitrogen and oxygen atoms in total. The van der Waals surface area contributed by atoms with Crippen molar-refractivity contribution < 1.29 is 22.5 Å². The summed E-state index contributed by atoms with van der Waals surface area (Å²) in [5, 5.41) is 7.13. The number of alkyl halides is 3. The smallest absolute Gasteiger partial charge is 0.325 e. The maximum atomic E-state index is 13.0. The zero-order valence-electron chi connectivity index (χ0n) is 12.9. The fourth-order valence-corrected chi connectivity index (χ4v) is 3.66. The first-order chi connectivity index (χ1) is 10.5. The molecule has 0 saturated heterocycles. The molecule has 0 aliphatic heterocycles. The van der Waals surface area contributed by atoms with Crippen molar-refractivity contribution >= 4 is 29.6 Å². The van der Waals surface area contributed by atoms with E-state index in [-0.39, 0.29) is 0 Å². The van der Waals surface area contributed by atoms with E-state index in [4.69, 9.17) is 0 Å². The number of hydrogen-bond donors (Lipinski definition) is 1. The van der Waals surface area contributed by atoms with E-state index in [1.165, 1.54) is 6.20 Å². The topological polar surface area (TPSA) is 64.0 Å². The predicted octanol–water partition coefficient (Wildman–Crippen LogP) is 3.46. The van der Waals surface area contributed by atoms with Crippen LogP contribution in [0.25, 0.3) is 10.9 Å². The molecule has 126 valence electrons. The van der Waals surface area contributed by atoms with Crippen LogP contribution in [0.5, 0.6) is 0 Å². The van der Waals surface area contributed by atoms with Crippen molar-refractivity contribution in [2.24, 2.45) is 7.05 Å². The minimum atomic E-state index is -4.68. The van der Waals surface area contributed by atoms with Gasteiger partial charge in [-0.05, 0) is 25.5 Å². The molecule has 2 rings (SSSR count). The number of carbonyl (C=O) groups is 1. The molecule has 1 N–H and O–H groups in total. The zero-order valence-corrected chi connectivity index (χ0v) is 13.8. The lowest BCUT2D eigenvalue weighted by Crippen LogP contribution is -2.32. The number of hydrogen-bond acceptors (Lipinski definition) is 3. The summed E-state index contributed by atoms with van der Waals surface area (Å²) < 4.78 is 52.5. The molecular weight excluding hydrogens is 330 g/mol. The van der Waals surface area contributed by atoms with Crippen LogP contribution in [-0.2, 0) is 16.4 Å². The Hall–Kier alpha value is -1.82. The van der Waals surface area contributed by atoms with Gasteiger partial charge in [-0.3, -0.25) is 9.48 Å². The molecule has 0 fully saturated rings. The van der Waals surface area contributed by atoms with Gasteiger partial charge in [-0.2, -0.15) is 18.3 Å². The Morgan fingerprint density at radius 2 is 2.04 bits per heavy atom. The zero-order chi connectivity index (χ0) is 17.4. The van der Waals surface area contributed by atoms with Gasteiger partial charge in [0, 0.05) is 18.9 Å². The lowest BCUT2D eigenvalue weighted by atomic mass is 10.2. The molecule has 0 aliphatic carbocycles. The molecule has 0 aliphatic rings. The third-order valence-corrected chi connectivity index (χ3v) is 5.55. The van der Waals surface area contributed by atoms with E-state index in [2.05, 4.69) is 10.4 Å². The SMILES string of the molecule is Cn1ncc2c(NC(=O)CC(C(F)(F)F)P(C)(C)=O)cccc21. The predicted molar refractivity (Wildman–Crippen MR) is 83.3 cm³/mol.